The Bertz CT molecular complexity index is 1420. The minimum Gasteiger partial charge on any atom is -0.497 e. The molecule has 172 valence electrons. The molecular weight excluding hydrogens is 436 g/mol. The number of aromatic nitrogens is 3. The molecule has 0 saturated heterocycles. The Morgan fingerprint density at radius 1 is 0.657 bits per heavy atom. The first kappa shape index (κ1) is 22.1. The standard InChI is InChI=1S/C29H24N4O2/c1-20-31-28(23-16-22(18-30-19-23)21-8-12-25(34-2)13-9-21)17-29(32-20)33-24-10-14-27(15-11-24)35-26-6-4-3-5-7-26/h3-19H,1-2H3,(H,31,32,33). The predicted octanol–water partition coefficient (Wildman–Crippen LogP) is 7.06. The van der Waals surface area contributed by atoms with Crippen molar-refractivity contribution in [2.45, 2.75) is 6.92 Å². The highest BCUT2D eigenvalue weighted by Crippen LogP contribution is 2.28. The molecule has 6 nitrogen and oxygen atoms in total. The summed E-state index contributed by atoms with van der Waals surface area (Å²) in [7, 11) is 1.66. The minimum atomic E-state index is 0.670. The number of benzene rings is 3. The normalized spacial score (nSPS) is 10.6. The number of nitrogens with one attached hydrogen (secondary N) is 1. The van der Waals surface area contributed by atoms with Gasteiger partial charge in [0.15, 0.2) is 0 Å². The second-order valence-corrected chi connectivity index (χ2v) is 7.94. The van der Waals surface area contributed by atoms with Crippen molar-refractivity contribution < 1.29 is 9.47 Å². The average Bonchev–Trinajstić information content (AvgIpc) is 2.90. The molecule has 2 heterocycles. The molecule has 0 amide bonds. The molecule has 0 aliphatic carbocycles. The maximum atomic E-state index is 5.87. The van der Waals surface area contributed by atoms with E-state index in [1.807, 2.05) is 104 Å². The van der Waals surface area contributed by atoms with Crippen molar-refractivity contribution in [1.29, 1.82) is 0 Å². The molecule has 3 aromatic carbocycles. The van der Waals surface area contributed by atoms with Gasteiger partial charge in [0.25, 0.3) is 0 Å². The van der Waals surface area contributed by atoms with E-state index in [2.05, 4.69) is 26.3 Å². The molecule has 0 radical (unpaired) electrons. The van der Waals surface area contributed by atoms with E-state index in [4.69, 9.17) is 9.47 Å². The Labute approximate surface area is 204 Å². The second-order valence-electron chi connectivity index (χ2n) is 7.94. The van der Waals surface area contributed by atoms with E-state index >= 15 is 0 Å². The van der Waals surface area contributed by atoms with Gasteiger partial charge in [0, 0.05) is 35.3 Å². The van der Waals surface area contributed by atoms with Crippen molar-refractivity contribution in [3.05, 3.63) is 109 Å². The summed E-state index contributed by atoms with van der Waals surface area (Å²) >= 11 is 0. The van der Waals surface area contributed by atoms with Gasteiger partial charge in [0.1, 0.15) is 28.9 Å². The van der Waals surface area contributed by atoms with Gasteiger partial charge in [-0.25, -0.2) is 9.97 Å². The molecule has 0 spiro atoms. The van der Waals surface area contributed by atoms with Crippen LogP contribution in [0.2, 0.25) is 0 Å². The summed E-state index contributed by atoms with van der Waals surface area (Å²) in [4.78, 5) is 13.6. The van der Waals surface area contributed by atoms with Gasteiger partial charge in [-0.1, -0.05) is 30.3 Å². The number of hydrogen-bond acceptors (Lipinski definition) is 6. The van der Waals surface area contributed by atoms with Crippen LogP contribution in [0.25, 0.3) is 22.4 Å². The maximum absolute atomic E-state index is 5.87. The number of nitrogens with zero attached hydrogens (tertiary/aromatic N) is 3. The summed E-state index contributed by atoms with van der Waals surface area (Å²) in [5, 5.41) is 3.36. The molecule has 6 heteroatoms. The van der Waals surface area contributed by atoms with Crippen LogP contribution in [0, 0.1) is 6.92 Å². The molecule has 2 aromatic heterocycles. The fourth-order valence-electron chi connectivity index (χ4n) is 3.68. The molecule has 0 bridgehead atoms. The molecule has 35 heavy (non-hydrogen) atoms. The lowest BCUT2D eigenvalue weighted by atomic mass is 10.0. The van der Waals surface area contributed by atoms with Crippen LogP contribution in [0.5, 0.6) is 17.2 Å². The highest BCUT2D eigenvalue weighted by Gasteiger charge is 2.08. The largest absolute Gasteiger partial charge is 0.497 e. The Balaban J connectivity index is 1.35. The molecule has 0 fully saturated rings. The van der Waals surface area contributed by atoms with Crippen LogP contribution in [0.1, 0.15) is 5.82 Å². The molecule has 5 aromatic rings. The fraction of sp³-hybridized carbons (Fsp3) is 0.0690. The fourth-order valence-corrected chi connectivity index (χ4v) is 3.68. The minimum absolute atomic E-state index is 0.670. The summed E-state index contributed by atoms with van der Waals surface area (Å²) in [5.74, 6) is 3.76. The van der Waals surface area contributed by atoms with Gasteiger partial charge in [0.2, 0.25) is 0 Å². The van der Waals surface area contributed by atoms with E-state index in [0.717, 1.165) is 45.3 Å². The van der Waals surface area contributed by atoms with E-state index in [1.165, 1.54) is 0 Å². The SMILES string of the molecule is COc1ccc(-c2cncc(-c3cc(Nc4ccc(Oc5ccccc5)cc4)nc(C)n3)c2)cc1. The van der Waals surface area contributed by atoms with E-state index < -0.39 is 0 Å². The Morgan fingerprint density at radius 3 is 2.09 bits per heavy atom. The first-order chi connectivity index (χ1) is 17.2. The summed E-state index contributed by atoms with van der Waals surface area (Å²) in [5.41, 5.74) is 4.68. The van der Waals surface area contributed by atoms with Crippen LogP contribution in [-0.2, 0) is 0 Å². The third-order valence-corrected chi connectivity index (χ3v) is 5.40. The highest BCUT2D eigenvalue weighted by atomic mass is 16.5. The van der Waals surface area contributed by atoms with Crippen LogP contribution in [0.4, 0.5) is 11.5 Å². The molecular formula is C29H24N4O2. The number of methoxy groups -OCH3 is 1. The van der Waals surface area contributed by atoms with Crippen molar-refractivity contribution in [3.8, 4) is 39.6 Å². The zero-order valence-corrected chi connectivity index (χ0v) is 19.5. The number of anilines is 2. The molecule has 1 N–H and O–H groups in total. The molecule has 0 unspecified atom stereocenters. The Morgan fingerprint density at radius 2 is 1.34 bits per heavy atom. The summed E-state index contributed by atoms with van der Waals surface area (Å²) in [6.07, 6.45) is 3.66. The van der Waals surface area contributed by atoms with Gasteiger partial charge in [-0.05, 0) is 67.1 Å². The van der Waals surface area contributed by atoms with E-state index in [-0.39, 0.29) is 0 Å². The third-order valence-electron chi connectivity index (χ3n) is 5.40. The van der Waals surface area contributed by atoms with Crippen molar-refractivity contribution in [3.63, 3.8) is 0 Å². The number of rotatable bonds is 7. The molecule has 0 atom stereocenters. The van der Waals surface area contributed by atoms with Crippen molar-refractivity contribution in [2.75, 3.05) is 12.4 Å². The summed E-state index contributed by atoms with van der Waals surface area (Å²) < 4.78 is 11.1. The van der Waals surface area contributed by atoms with Crippen molar-refractivity contribution >= 4 is 11.5 Å². The molecule has 0 aliphatic rings. The van der Waals surface area contributed by atoms with Gasteiger partial charge in [-0.15, -0.1) is 0 Å². The van der Waals surface area contributed by atoms with Crippen LogP contribution in [0.15, 0.2) is 103 Å². The molecule has 0 aliphatic heterocycles. The van der Waals surface area contributed by atoms with Crippen LogP contribution in [-0.4, -0.2) is 22.1 Å². The van der Waals surface area contributed by atoms with Gasteiger partial charge >= 0.3 is 0 Å². The highest BCUT2D eigenvalue weighted by molar-refractivity contribution is 5.72. The van der Waals surface area contributed by atoms with Crippen LogP contribution in [0.3, 0.4) is 0 Å². The second kappa shape index (κ2) is 10.1. The zero-order valence-electron chi connectivity index (χ0n) is 19.5. The van der Waals surface area contributed by atoms with Gasteiger partial charge < -0.3 is 14.8 Å². The van der Waals surface area contributed by atoms with E-state index in [1.54, 1.807) is 7.11 Å². The third kappa shape index (κ3) is 5.45. The van der Waals surface area contributed by atoms with Gasteiger partial charge in [-0.3, -0.25) is 4.98 Å². The number of ether oxygens (including phenoxy) is 2. The zero-order chi connectivity index (χ0) is 24.0. The first-order valence-electron chi connectivity index (χ1n) is 11.2. The summed E-state index contributed by atoms with van der Waals surface area (Å²) in [6.45, 7) is 1.88. The average molecular weight is 461 g/mol. The van der Waals surface area contributed by atoms with Crippen LogP contribution < -0.4 is 14.8 Å². The smallest absolute Gasteiger partial charge is 0.134 e. The number of hydrogen-bond donors (Lipinski definition) is 1. The van der Waals surface area contributed by atoms with Gasteiger partial charge in [-0.2, -0.15) is 0 Å². The van der Waals surface area contributed by atoms with Crippen molar-refractivity contribution in [2.24, 2.45) is 0 Å². The summed E-state index contributed by atoms with van der Waals surface area (Å²) in [6, 6.07) is 29.4. The topological polar surface area (TPSA) is 69.2 Å². The quantitative estimate of drug-likeness (QED) is 0.280. The Kier molecular flexibility index (Phi) is 6.35. The lowest BCUT2D eigenvalue weighted by Crippen LogP contribution is -1.99. The van der Waals surface area contributed by atoms with E-state index in [9.17, 15) is 0 Å². The lowest BCUT2D eigenvalue weighted by molar-refractivity contribution is 0.415. The van der Waals surface area contributed by atoms with Crippen LogP contribution >= 0.6 is 0 Å². The first-order valence-corrected chi connectivity index (χ1v) is 11.2. The molecule has 5 rings (SSSR count). The monoisotopic (exact) mass is 460 g/mol. The Hall–Kier alpha value is -4.71. The lowest BCUT2D eigenvalue weighted by Gasteiger charge is -2.11. The van der Waals surface area contributed by atoms with Crippen molar-refractivity contribution in [1.82, 2.24) is 15.0 Å². The predicted molar refractivity (Wildman–Crippen MR) is 138 cm³/mol. The van der Waals surface area contributed by atoms with Gasteiger partial charge in [0.05, 0.1) is 12.8 Å². The maximum Gasteiger partial charge on any atom is 0.134 e. The number of para-hydroxylation sites is 1. The van der Waals surface area contributed by atoms with E-state index in [0.29, 0.717) is 11.6 Å². The number of pyridine rings is 1. The molecule has 0 saturated carbocycles. The number of aryl methyl sites for hydroxylation is 1.